The van der Waals surface area contributed by atoms with E-state index in [9.17, 15) is 4.79 Å². The first-order valence-corrected chi connectivity index (χ1v) is 3.42. The fourth-order valence-corrected chi connectivity index (χ4v) is 0.795. The van der Waals surface area contributed by atoms with Crippen LogP contribution in [0.25, 0.3) is 0 Å². The molecule has 0 radical (unpaired) electrons. The Hall–Kier alpha value is -1.09. The molecule has 0 saturated heterocycles. The van der Waals surface area contributed by atoms with E-state index in [0.717, 1.165) is 0 Å². The Labute approximate surface area is 69.2 Å². The van der Waals surface area contributed by atoms with Crippen molar-refractivity contribution < 1.29 is 4.79 Å². The van der Waals surface area contributed by atoms with E-state index in [1.165, 1.54) is 6.92 Å². The van der Waals surface area contributed by atoms with Gasteiger partial charge in [0.1, 0.15) is 5.69 Å². The summed E-state index contributed by atoms with van der Waals surface area (Å²) in [5, 5.41) is 0.178. The molecule has 0 aromatic carbocycles. The first-order chi connectivity index (χ1) is 5.11. The predicted molar refractivity (Wildman–Crippen MR) is 43.7 cm³/mol. The van der Waals surface area contributed by atoms with E-state index in [1.807, 2.05) is 0 Å². The minimum atomic E-state index is -0.119. The number of anilines is 1. The van der Waals surface area contributed by atoms with Crippen LogP contribution in [0.5, 0.6) is 0 Å². The number of carbonyl (C=O) groups excluding carboxylic acids is 1. The molecule has 0 spiro atoms. The fraction of sp³-hybridized carbons (Fsp3) is 0.143. The summed E-state index contributed by atoms with van der Waals surface area (Å²) < 4.78 is 0. The number of nitrogen functional groups attached to an aromatic ring is 1. The molecule has 1 aromatic rings. The molecular weight excluding hydrogens is 164 g/mol. The van der Waals surface area contributed by atoms with Gasteiger partial charge in [0.2, 0.25) is 0 Å². The second-order valence-electron chi connectivity index (χ2n) is 2.13. The van der Waals surface area contributed by atoms with Gasteiger partial charge in [-0.25, -0.2) is 4.98 Å². The summed E-state index contributed by atoms with van der Waals surface area (Å²) in [5.41, 5.74) is 6.11. The number of nitrogens with two attached hydrogens (primary N) is 1. The lowest BCUT2D eigenvalue weighted by molar-refractivity contribution is 0.101. The largest absolute Gasteiger partial charge is 0.396 e. The van der Waals surface area contributed by atoms with Gasteiger partial charge in [-0.1, -0.05) is 11.6 Å². The maximum atomic E-state index is 10.7. The average Bonchev–Trinajstić information content (AvgIpc) is 1.94. The number of hydrogen-bond donors (Lipinski definition) is 1. The van der Waals surface area contributed by atoms with Crippen LogP contribution in [0.1, 0.15) is 17.4 Å². The normalized spacial score (nSPS) is 9.64. The Morgan fingerprint density at radius 1 is 1.64 bits per heavy atom. The number of rotatable bonds is 1. The highest BCUT2D eigenvalue weighted by Gasteiger charge is 2.03. The lowest BCUT2D eigenvalue weighted by atomic mass is 10.3. The molecule has 4 heteroatoms. The third-order valence-electron chi connectivity index (χ3n) is 1.24. The summed E-state index contributed by atoms with van der Waals surface area (Å²) in [6.45, 7) is 1.43. The summed E-state index contributed by atoms with van der Waals surface area (Å²) in [6.07, 6.45) is 0. The first-order valence-electron chi connectivity index (χ1n) is 3.04. The van der Waals surface area contributed by atoms with Crippen molar-refractivity contribution in [3.8, 4) is 0 Å². The van der Waals surface area contributed by atoms with E-state index >= 15 is 0 Å². The van der Waals surface area contributed by atoms with Gasteiger partial charge in [-0.15, -0.1) is 0 Å². The molecule has 0 bridgehead atoms. The van der Waals surface area contributed by atoms with E-state index in [4.69, 9.17) is 17.3 Å². The smallest absolute Gasteiger partial charge is 0.178 e. The number of Topliss-reactive ketones (excluding diaryl/α,β-unsaturated/α-hetero) is 1. The van der Waals surface area contributed by atoms with Gasteiger partial charge in [0.25, 0.3) is 0 Å². The van der Waals surface area contributed by atoms with Gasteiger partial charge in [0, 0.05) is 6.92 Å². The summed E-state index contributed by atoms with van der Waals surface area (Å²) in [7, 11) is 0. The number of aromatic nitrogens is 1. The van der Waals surface area contributed by atoms with Crippen LogP contribution < -0.4 is 5.73 Å². The average molecular weight is 171 g/mol. The maximum absolute atomic E-state index is 10.7. The zero-order valence-electron chi connectivity index (χ0n) is 5.97. The van der Waals surface area contributed by atoms with Crippen LogP contribution in [0.15, 0.2) is 12.1 Å². The van der Waals surface area contributed by atoms with Crippen molar-refractivity contribution >= 4 is 23.1 Å². The van der Waals surface area contributed by atoms with E-state index in [0.29, 0.717) is 11.4 Å². The maximum Gasteiger partial charge on any atom is 0.178 e. The van der Waals surface area contributed by atoms with Gasteiger partial charge in [-0.05, 0) is 12.1 Å². The van der Waals surface area contributed by atoms with Gasteiger partial charge in [0.15, 0.2) is 10.9 Å². The van der Waals surface area contributed by atoms with Crippen molar-refractivity contribution in [1.29, 1.82) is 0 Å². The predicted octanol–water partition coefficient (Wildman–Crippen LogP) is 1.52. The van der Waals surface area contributed by atoms with E-state index < -0.39 is 0 Å². The second kappa shape index (κ2) is 2.88. The molecule has 0 aliphatic heterocycles. The van der Waals surface area contributed by atoms with Crippen molar-refractivity contribution in [3.05, 3.63) is 23.0 Å². The molecular formula is C7H7ClN2O. The van der Waals surface area contributed by atoms with Crippen LogP contribution in [-0.2, 0) is 0 Å². The molecule has 3 nitrogen and oxygen atoms in total. The third kappa shape index (κ3) is 1.68. The third-order valence-corrected chi connectivity index (χ3v) is 1.54. The monoisotopic (exact) mass is 170 g/mol. The topological polar surface area (TPSA) is 56.0 Å². The Kier molecular flexibility index (Phi) is 2.10. The Bertz CT molecular complexity index is 298. The van der Waals surface area contributed by atoms with Crippen molar-refractivity contribution in [1.82, 2.24) is 4.98 Å². The molecule has 0 atom stereocenters. The molecule has 0 aliphatic rings. The molecule has 1 heterocycles. The highest BCUT2D eigenvalue weighted by Crippen LogP contribution is 2.15. The first kappa shape index (κ1) is 8.01. The minimum absolute atomic E-state index is 0.119. The summed E-state index contributed by atoms with van der Waals surface area (Å²) >= 11 is 5.57. The van der Waals surface area contributed by atoms with Gasteiger partial charge in [-0.3, -0.25) is 4.79 Å². The number of halogens is 1. The Morgan fingerprint density at radius 2 is 2.27 bits per heavy atom. The quantitative estimate of drug-likeness (QED) is 0.514. The standard InChI is InChI=1S/C7H7ClN2O/c1-4(11)6-3-2-5(9)7(8)10-6/h2-3H,9H2,1H3. The van der Waals surface area contributed by atoms with Crippen molar-refractivity contribution in [2.45, 2.75) is 6.92 Å². The van der Waals surface area contributed by atoms with Crippen molar-refractivity contribution in [2.75, 3.05) is 5.73 Å². The van der Waals surface area contributed by atoms with Crippen LogP contribution in [0.2, 0.25) is 5.15 Å². The molecule has 0 saturated carbocycles. The molecule has 11 heavy (non-hydrogen) atoms. The Balaban J connectivity index is 3.15. The lowest BCUT2D eigenvalue weighted by Crippen LogP contribution is -1.98. The van der Waals surface area contributed by atoms with E-state index in [1.54, 1.807) is 12.1 Å². The van der Waals surface area contributed by atoms with E-state index in [-0.39, 0.29) is 10.9 Å². The number of hydrogen-bond acceptors (Lipinski definition) is 3. The highest BCUT2D eigenvalue weighted by molar-refractivity contribution is 6.32. The molecule has 0 aliphatic carbocycles. The molecule has 0 unspecified atom stereocenters. The second-order valence-corrected chi connectivity index (χ2v) is 2.49. The molecule has 1 aromatic heterocycles. The number of ketones is 1. The van der Waals surface area contributed by atoms with Crippen LogP contribution in [0.3, 0.4) is 0 Å². The van der Waals surface area contributed by atoms with Crippen LogP contribution in [-0.4, -0.2) is 10.8 Å². The zero-order valence-corrected chi connectivity index (χ0v) is 6.72. The summed E-state index contributed by atoms with van der Waals surface area (Å²) in [6, 6.07) is 3.11. The minimum Gasteiger partial charge on any atom is -0.396 e. The molecule has 1 rings (SSSR count). The van der Waals surface area contributed by atoms with Gasteiger partial charge in [-0.2, -0.15) is 0 Å². The molecule has 0 fully saturated rings. The number of nitrogens with zero attached hydrogens (tertiary/aromatic N) is 1. The Morgan fingerprint density at radius 3 is 2.73 bits per heavy atom. The molecule has 0 amide bonds. The zero-order chi connectivity index (χ0) is 8.43. The summed E-state index contributed by atoms with van der Waals surface area (Å²) in [4.78, 5) is 14.5. The SMILES string of the molecule is CC(=O)c1ccc(N)c(Cl)n1. The van der Waals surface area contributed by atoms with Crippen LogP contribution >= 0.6 is 11.6 Å². The number of pyridine rings is 1. The van der Waals surface area contributed by atoms with Gasteiger partial charge >= 0.3 is 0 Å². The van der Waals surface area contributed by atoms with Gasteiger partial charge < -0.3 is 5.73 Å². The fourth-order valence-electron chi connectivity index (χ4n) is 0.641. The van der Waals surface area contributed by atoms with Crippen molar-refractivity contribution in [2.24, 2.45) is 0 Å². The highest BCUT2D eigenvalue weighted by atomic mass is 35.5. The molecule has 58 valence electrons. The summed E-state index contributed by atoms with van der Waals surface area (Å²) in [5.74, 6) is -0.119. The molecule has 2 N–H and O–H groups in total. The number of carbonyl (C=O) groups is 1. The van der Waals surface area contributed by atoms with E-state index in [2.05, 4.69) is 4.98 Å². The van der Waals surface area contributed by atoms with Crippen molar-refractivity contribution in [3.63, 3.8) is 0 Å². The van der Waals surface area contributed by atoms with Crippen LogP contribution in [0.4, 0.5) is 5.69 Å². The van der Waals surface area contributed by atoms with Crippen LogP contribution in [0, 0.1) is 0 Å². The lowest BCUT2D eigenvalue weighted by Gasteiger charge is -1.97. The van der Waals surface area contributed by atoms with Gasteiger partial charge in [0.05, 0.1) is 5.69 Å².